The van der Waals surface area contributed by atoms with Crippen LogP contribution in [0.15, 0.2) is 30.5 Å². The quantitative estimate of drug-likeness (QED) is 0.647. The molecule has 0 aliphatic carbocycles. The standard InChI is InChI=1S/C13H11NO3/c1-8-5-10(11(15)7-12(16)17)6-9-3-2-4-14-13(8)9/h2-6H,7H2,1H3,(H,16,17). The van der Waals surface area contributed by atoms with E-state index in [1.807, 2.05) is 13.0 Å². The number of carboxylic acid groups (broad SMARTS) is 1. The van der Waals surface area contributed by atoms with E-state index in [4.69, 9.17) is 5.11 Å². The molecule has 86 valence electrons. The van der Waals surface area contributed by atoms with Gasteiger partial charge in [-0.25, -0.2) is 0 Å². The summed E-state index contributed by atoms with van der Waals surface area (Å²) in [7, 11) is 0. The lowest BCUT2D eigenvalue weighted by molar-refractivity contribution is -0.135. The van der Waals surface area contributed by atoms with Gasteiger partial charge in [0.25, 0.3) is 0 Å². The highest BCUT2D eigenvalue weighted by molar-refractivity contribution is 6.07. The summed E-state index contributed by atoms with van der Waals surface area (Å²) in [5.41, 5.74) is 2.13. The minimum absolute atomic E-state index is 0.383. The summed E-state index contributed by atoms with van der Waals surface area (Å²) in [5.74, 6) is -1.50. The number of pyridine rings is 1. The number of nitrogens with zero attached hydrogens (tertiary/aromatic N) is 1. The van der Waals surface area contributed by atoms with Crippen molar-refractivity contribution in [1.29, 1.82) is 0 Å². The Labute approximate surface area is 97.9 Å². The molecule has 0 bridgehead atoms. The zero-order valence-corrected chi connectivity index (χ0v) is 9.30. The molecule has 1 N–H and O–H groups in total. The fraction of sp³-hybridized carbons (Fsp3) is 0.154. The SMILES string of the molecule is Cc1cc(C(=O)CC(=O)O)cc2cccnc12. The molecular formula is C13H11NO3. The molecular weight excluding hydrogens is 218 g/mol. The van der Waals surface area contributed by atoms with Gasteiger partial charge in [0.15, 0.2) is 5.78 Å². The molecule has 0 aliphatic heterocycles. The van der Waals surface area contributed by atoms with Crippen molar-refractivity contribution in [3.05, 3.63) is 41.6 Å². The number of aliphatic carboxylic acids is 1. The average Bonchev–Trinajstić information content (AvgIpc) is 2.28. The van der Waals surface area contributed by atoms with Crippen LogP contribution in [0, 0.1) is 6.92 Å². The van der Waals surface area contributed by atoms with Crippen molar-refractivity contribution >= 4 is 22.7 Å². The van der Waals surface area contributed by atoms with E-state index in [9.17, 15) is 9.59 Å². The molecule has 0 aliphatic rings. The minimum atomic E-state index is -1.11. The average molecular weight is 229 g/mol. The van der Waals surface area contributed by atoms with E-state index in [0.717, 1.165) is 16.5 Å². The van der Waals surface area contributed by atoms with Gasteiger partial charge in [-0.1, -0.05) is 6.07 Å². The van der Waals surface area contributed by atoms with Crippen molar-refractivity contribution in [1.82, 2.24) is 4.98 Å². The van der Waals surface area contributed by atoms with Crippen LogP contribution in [0.1, 0.15) is 22.3 Å². The lowest BCUT2D eigenvalue weighted by Crippen LogP contribution is -2.07. The Bertz CT molecular complexity index is 605. The molecule has 2 rings (SSSR count). The summed E-state index contributed by atoms with van der Waals surface area (Å²) >= 11 is 0. The number of aryl methyl sites for hydroxylation is 1. The number of hydrogen-bond donors (Lipinski definition) is 1. The molecule has 0 atom stereocenters. The Hall–Kier alpha value is -2.23. The van der Waals surface area contributed by atoms with Crippen LogP contribution in [-0.4, -0.2) is 21.8 Å². The van der Waals surface area contributed by atoms with Gasteiger partial charge in [-0.15, -0.1) is 0 Å². The number of ketones is 1. The molecule has 0 spiro atoms. The number of fused-ring (bicyclic) bond motifs is 1. The van der Waals surface area contributed by atoms with Crippen molar-refractivity contribution < 1.29 is 14.7 Å². The molecule has 1 aromatic heterocycles. The maximum atomic E-state index is 11.6. The van der Waals surface area contributed by atoms with Crippen LogP contribution in [0.4, 0.5) is 0 Å². The zero-order valence-electron chi connectivity index (χ0n) is 9.30. The summed E-state index contributed by atoms with van der Waals surface area (Å²) in [4.78, 5) is 26.4. The van der Waals surface area contributed by atoms with E-state index < -0.39 is 12.4 Å². The molecule has 0 unspecified atom stereocenters. The zero-order chi connectivity index (χ0) is 12.4. The molecule has 0 fully saturated rings. The van der Waals surface area contributed by atoms with Crippen LogP contribution in [0.5, 0.6) is 0 Å². The summed E-state index contributed by atoms with van der Waals surface area (Å²) in [6, 6.07) is 7.00. The smallest absolute Gasteiger partial charge is 0.311 e. The Morgan fingerprint density at radius 3 is 2.82 bits per heavy atom. The normalized spacial score (nSPS) is 10.4. The van der Waals surface area contributed by atoms with E-state index in [1.54, 1.807) is 24.4 Å². The first-order valence-electron chi connectivity index (χ1n) is 5.18. The summed E-state index contributed by atoms with van der Waals surface area (Å²) in [6.45, 7) is 1.85. The molecule has 0 amide bonds. The highest BCUT2D eigenvalue weighted by Crippen LogP contribution is 2.19. The van der Waals surface area contributed by atoms with Gasteiger partial charge in [0, 0.05) is 17.1 Å². The van der Waals surface area contributed by atoms with Crippen molar-refractivity contribution in [3.8, 4) is 0 Å². The van der Waals surface area contributed by atoms with E-state index >= 15 is 0 Å². The number of carboxylic acids is 1. The summed E-state index contributed by atoms with van der Waals surface area (Å²) in [5, 5.41) is 9.44. The van der Waals surface area contributed by atoms with Gasteiger partial charge in [0.2, 0.25) is 0 Å². The van der Waals surface area contributed by atoms with E-state index in [2.05, 4.69) is 4.98 Å². The first-order valence-corrected chi connectivity index (χ1v) is 5.18. The highest BCUT2D eigenvalue weighted by atomic mass is 16.4. The van der Waals surface area contributed by atoms with Crippen LogP contribution in [-0.2, 0) is 4.79 Å². The van der Waals surface area contributed by atoms with Crippen LogP contribution < -0.4 is 0 Å². The van der Waals surface area contributed by atoms with Gasteiger partial charge in [-0.3, -0.25) is 14.6 Å². The third-order valence-electron chi connectivity index (χ3n) is 2.53. The lowest BCUT2D eigenvalue weighted by Gasteiger charge is -2.04. The third kappa shape index (κ3) is 2.30. The first-order chi connectivity index (χ1) is 8.08. The Balaban J connectivity index is 2.50. The maximum Gasteiger partial charge on any atom is 0.311 e. The van der Waals surface area contributed by atoms with E-state index in [1.165, 1.54) is 0 Å². The van der Waals surface area contributed by atoms with Crippen molar-refractivity contribution in [2.75, 3.05) is 0 Å². The molecule has 1 heterocycles. The number of hydrogen-bond acceptors (Lipinski definition) is 3. The van der Waals surface area contributed by atoms with E-state index in [-0.39, 0.29) is 5.78 Å². The first kappa shape index (κ1) is 11.3. The third-order valence-corrected chi connectivity index (χ3v) is 2.53. The number of rotatable bonds is 3. The topological polar surface area (TPSA) is 67.3 Å². The fourth-order valence-electron chi connectivity index (χ4n) is 1.77. The minimum Gasteiger partial charge on any atom is -0.481 e. The van der Waals surface area contributed by atoms with Gasteiger partial charge in [-0.2, -0.15) is 0 Å². The maximum absolute atomic E-state index is 11.6. The molecule has 0 radical (unpaired) electrons. The second-order valence-electron chi connectivity index (χ2n) is 3.86. The Morgan fingerprint density at radius 1 is 1.35 bits per heavy atom. The number of carbonyl (C=O) groups is 2. The van der Waals surface area contributed by atoms with Crippen molar-refractivity contribution in [3.63, 3.8) is 0 Å². The molecule has 2 aromatic rings. The number of Topliss-reactive ketones (excluding diaryl/α,β-unsaturated/α-hetero) is 1. The fourth-order valence-corrected chi connectivity index (χ4v) is 1.77. The Morgan fingerprint density at radius 2 is 2.12 bits per heavy atom. The van der Waals surface area contributed by atoms with Gasteiger partial charge in [-0.05, 0) is 30.7 Å². The van der Waals surface area contributed by atoms with Crippen LogP contribution in [0.3, 0.4) is 0 Å². The summed E-state index contributed by atoms with van der Waals surface area (Å²) < 4.78 is 0. The summed E-state index contributed by atoms with van der Waals surface area (Å²) in [6.07, 6.45) is 1.21. The van der Waals surface area contributed by atoms with Gasteiger partial charge >= 0.3 is 5.97 Å². The van der Waals surface area contributed by atoms with Crippen molar-refractivity contribution in [2.24, 2.45) is 0 Å². The highest BCUT2D eigenvalue weighted by Gasteiger charge is 2.12. The molecule has 0 saturated heterocycles. The molecule has 4 nitrogen and oxygen atoms in total. The number of aromatic nitrogens is 1. The van der Waals surface area contributed by atoms with Gasteiger partial charge in [0.05, 0.1) is 5.52 Å². The van der Waals surface area contributed by atoms with Gasteiger partial charge < -0.3 is 5.11 Å². The van der Waals surface area contributed by atoms with Gasteiger partial charge in [0.1, 0.15) is 6.42 Å². The van der Waals surface area contributed by atoms with E-state index in [0.29, 0.717) is 5.56 Å². The second kappa shape index (κ2) is 4.33. The number of carbonyl (C=O) groups excluding carboxylic acids is 1. The predicted octanol–water partition coefficient (Wildman–Crippen LogP) is 2.20. The number of benzene rings is 1. The monoisotopic (exact) mass is 229 g/mol. The largest absolute Gasteiger partial charge is 0.481 e. The molecule has 0 saturated carbocycles. The van der Waals surface area contributed by atoms with Crippen LogP contribution in [0.25, 0.3) is 10.9 Å². The Kier molecular flexibility index (Phi) is 2.87. The molecule has 17 heavy (non-hydrogen) atoms. The molecule has 1 aromatic carbocycles. The van der Waals surface area contributed by atoms with Crippen molar-refractivity contribution in [2.45, 2.75) is 13.3 Å². The molecule has 4 heteroatoms. The second-order valence-corrected chi connectivity index (χ2v) is 3.86. The predicted molar refractivity (Wildman–Crippen MR) is 63.1 cm³/mol. The van der Waals surface area contributed by atoms with Crippen LogP contribution in [0.2, 0.25) is 0 Å². The lowest BCUT2D eigenvalue weighted by atomic mass is 10.0. The van der Waals surface area contributed by atoms with Crippen LogP contribution >= 0.6 is 0 Å².